The molecule has 0 atom stereocenters. The van der Waals surface area contributed by atoms with Crippen LogP contribution in [0.25, 0.3) is 10.1 Å². The summed E-state index contributed by atoms with van der Waals surface area (Å²) in [6.07, 6.45) is 0. The zero-order chi connectivity index (χ0) is 13.1. The number of hydrogen-bond donors (Lipinski definition) is 2. The number of thiophene rings is 1. The van der Waals surface area contributed by atoms with E-state index in [4.69, 9.17) is 18.0 Å². The Bertz CT molecular complexity index is 594. The first-order valence-electron chi connectivity index (χ1n) is 5.47. The molecule has 6 heteroatoms. The number of hydrogen-bond acceptors (Lipinski definition) is 3. The number of amides is 1. The zero-order valence-corrected chi connectivity index (χ0v) is 11.5. The molecular formula is C12H13N3OS2. The molecule has 0 unspecified atom stereocenters. The number of thiocarbonyl (C=S) groups is 1. The highest BCUT2D eigenvalue weighted by molar-refractivity contribution is 7.80. The van der Waals surface area contributed by atoms with Crippen LogP contribution in [0.5, 0.6) is 0 Å². The van der Waals surface area contributed by atoms with Gasteiger partial charge in [0.25, 0.3) is 5.91 Å². The monoisotopic (exact) mass is 279 g/mol. The van der Waals surface area contributed by atoms with Gasteiger partial charge in [0.2, 0.25) is 0 Å². The summed E-state index contributed by atoms with van der Waals surface area (Å²) in [6.45, 7) is 2.40. The maximum Gasteiger partial charge on any atom is 0.271 e. The topological polar surface area (TPSA) is 58.4 Å². The summed E-state index contributed by atoms with van der Waals surface area (Å²) in [5, 5.41) is 4.39. The normalized spacial score (nSPS) is 10.3. The minimum absolute atomic E-state index is 0.158. The maximum absolute atomic E-state index is 12.1. The highest BCUT2D eigenvalue weighted by Crippen LogP contribution is 2.25. The van der Waals surface area contributed by atoms with E-state index in [1.807, 2.05) is 36.6 Å². The zero-order valence-electron chi connectivity index (χ0n) is 9.84. The Labute approximate surface area is 114 Å². The highest BCUT2D eigenvalue weighted by Gasteiger charge is 2.14. The Morgan fingerprint density at radius 2 is 2.22 bits per heavy atom. The van der Waals surface area contributed by atoms with Crippen LogP contribution in [-0.2, 0) is 0 Å². The maximum atomic E-state index is 12.1. The van der Waals surface area contributed by atoms with Crippen molar-refractivity contribution in [2.45, 2.75) is 6.92 Å². The van der Waals surface area contributed by atoms with Gasteiger partial charge in [-0.15, -0.1) is 11.3 Å². The first-order valence-corrected chi connectivity index (χ1v) is 6.76. The number of nitrogens with one attached hydrogen (secondary N) is 1. The van der Waals surface area contributed by atoms with E-state index in [0.29, 0.717) is 12.1 Å². The summed E-state index contributed by atoms with van der Waals surface area (Å²) in [4.78, 5) is 12.1. The van der Waals surface area contributed by atoms with Gasteiger partial charge in [-0.05, 0) is 25.2 Å². The fourth-order valence-corrected chi connectivity index (χ4v) is 2.74. The summed E-state index contributed by atoms with van der Waals surface area (Å²) in [6, 6.07) is 7.78. The number of rotatable bonds is 2. The average Bonchev–Trinajstić information content (AvgIpc) is 2.79. The second-order valence-electron chi connectivity index (χ2n) is 3.67. The van der Waals surface area contributed by atoms with Crippen LogP contribution in [0.4, 0.5) is 0 Å². The van der Waals surface area contributed by atoms with Crippen molar-refractivity contribution < 1.29 is 4.79 Å². The van der Waals surface area contributed by atoms with Crippen LogP contribution < -0.4 is 11.2 Å². The van der Waals surface area contributed by atoms with E-state index >= 15 is 0 Å². The molecule has 0 aliphatic heterocycles. The number of hydrazine groups is 1. The standard InChI is InChI=1S/C12H13N3OS2/c1-2-15(12(13)17)14-11(16)9-7-18-10-6-4-3-5-8(9)10/h3-7H,2H2,1H3,(H2,13,17)(H,14,16). The van der Waals surface area contributed by atoms with Crippen LogP contribution in [-0.4, -0.2) is 22.6 Å². The minimum atomic E-state index is -0.192. The van der Waals surface area contributed by atoms with Gasteiger partial charge in [-0.2, -0.15) is 0 Å². The molecule has 3 N–H and O–H groups in total. The molecule has 1 aromatic carbocycles. The Morgan fingerprint density at radius 3 is 2.89 bits per heavy atom. The first kappa shape index (κ1) is 12.8. The number of carbonyl (C=O) groups is 1. The van der Waals surface area contributed by atoms with Gasteiger partial charge < -0.3 is 5.73 Å². The van der Waals surface area contributed by atoms with Crippen molar-refractivity contribution in [2.24, 2.45) is 5.73 Å². The quantitative estimate of drug-likeness (QED) is 0.653. The lowest BCUT2D eigenvalue weighted by Crippen LogP contribution is -2.48. The molecule has 0 fully saturated rings. The van der Waals surface area contributed by atoms with Crippen LogP contribution >= 0.6 is 23.6 Å². The van der Waals surface area contributed by atoms with E-state index in [1.165, 1.54) is 5.01 Å². The Morgan fingerprint density at radius 1 is 1.50 bits per heavy atom. The van der Waals surface area contributed by atoms with Crippen molar-refractivity contribution in [1.82, 2.24) is 10.4 Å². The predicted octanol–water partition coefficient (Wildman–Crippen LogP) is 2.11. The van der Waals surface area contributed by atoms with Crippen LogP contribution in [0.15, 0.2) is 29.6 Å². The van der Waals surface area contributed by atoms with Crippen LogP contribution in [0.3, 0.4) is 0 Å². The molecule has 94 valence electrons. The van der Waals surface area contributed by atoms with E-state index in [0.717, 1.165) is 10.1 Å². The molecule has 0 saturated carbocycles. The number of benzene rings is 1. The lowest BCUT2D eigenvalue weighted by molar-refractivity contribution is 0.0877. The lowest BCUT2D eigenvalue weighted by atomic mass is 10.2. The van der Waals surface area contributed by atoms with Crippen LogP contribution in [0.2, 0.25) is 0 Å². The Balaban J connectivity index is 2.26. The third-order valence-electron chi connectivity index (χ3n) is 2.54. The molecular weight excluding hydrogens is 266 g/mol. The molecule has 18 heavy (non-hydrogen) atoms. The third-order valence-corrected chi connectivity index (χ3v) is 3.73. The van der Waals surface area contributed by atoms with Gasteiger partial charge in [0.05, 0.1) is 5.56 Å². The van der Waals surface area contributed by atoms with Crippen molar-refractivity contribution in [1.29, 1.82) is 0 Å². The molecule has 0 radical (unpaired) electrons. The lowest BCUT2D eigenvalue weighted by Gasteiger charge is -2.21. The summed E-state index contributed by atoms with van der Waals surface area (Å²) in [5.74, 6) is -0.192. The SMILES string of the molecule is CCN(NC(=O)c1csc2ccccc12)C(N)=S. The molecule has 1 aromatic heterocycles. The summed E-state index contributed by atoms with van der Waals surface area (Å²) < 4.78 is 1.08. The van der Waals surface area contributed by atoms with Crippen molar-refractivity contribution in [3.8, 4) is 0 Å². The molecule has 0 aliphatic carbocycles. The van der Waals surface area contributed by atoms with Gasteiger partial charge in [0.1, 0.15) is 0 Å². The molecule has 1 heterocycles. The molecule has 0 spiro atoms. The number of carbonyl (C=O) groups excluding carboxylic acids is 1. The minimum Gasteiger partial charge on any atom is -0.375 e. The first-order chi connectivity index (χ1) is 8.63. The summed E-state index contributed by atoms with van der Waals surface area (Å²) >= 11 is 6.39. The summed E-state index contributed by atoms with van der Waals surface area (Å²) in [7, 11) is 0. The third kappa shape index (κ3) is 2.44. The number of fused-ring (bicyclic) bond motifs is 1. The molecule has 0 aliphatic rings. The van der Waals surface area contributed by atoms with Gasteiger partial charge in [-0.1, -0.05) is 18.2 Å². The smallest absolute Gasteiger partial charge is 0.271 e. The molecule has 4 nitrogen and oxygen atoms in total. The van der Waals surface area contributed by atoms with Gasteiger partial charge >= 0.3 is 0 Å². The highest BCUT2D eigenvalue weighted by atomic mass is 32.1. The van der Waals surface area contributed by atoms with Crippen molar-refractivity contribution in [3.63, 3.8) is 0 Å². The second kappa shape index (κ2) is 5.32. The molecule has 2 aromatic rings. The molecule has 0 saturated heterocycles. The van der Waals surface area contributed by atoms with E-state index in [2.05, 4.69) is 5.43 Å². The largest absolute Gasteiger partial charge is 0.375 e. The van der Waals surface area contributed by atoms with Crippen molar-refractivity contribution in [3.05, 3.63) is 35.2 Å². The van der Waals surface area contributed by atoms with Crippen LogP contribution in [0, 0.1) is 0 Å². The summed E-state index contributed by atoms with van der Waals surface area (Å²) in [5.41, 5.74) is 8.85. The number of nitrogens with zero attached hydrogens (tertiary/aromatic N) is 1. The number of nitrogens with two attached hydrogens (primary N) is 1. The van der Waals surface area contributed by atoms with E-state index in [9.17, 15) is 4.79 Å². The molecule has 2 rings (SSSR count). The fraction of sp³-hybridized carbons (Fsp3) is 0.167. The van der Waals surface area contributed by atoms with Crippen LogP contribution in [0.1, 0.15) is 17.3 Å². The predicted molar refractivity (Wildman–Crippen MR) is 78.5 cm³/mol. The van der Waals surface area contributed by atoms with E-state index in [-0.39, 0.29) is 11.0 Å². The van der Waals surface area contributed by atoms with Crippen molar-refractivity contribution in [2.75, 3.05) is 6.54 Å². The second-order valence-corrected chi connectivity index (χ2v) is 5.00. The van der Waals surface area contributed by atoms with Gasteiger partial charge in [0.15, 0.2) is 5.11 Å². The molecule has 1 amide bonds. The Kier molecular flexibility index (Phi) is 3.78. The van der Waals surface area contributed by atoms with Gasteiger partial charge in [-0.3, -0.25) is 15.2 Å². The van der Waals surface area contributed by atoms with Gasteiger partial charge in [0, 0.05) is 22.0 Å². The van der Waals surface area contributed by atoms with Gasteiger partial charge in [-0.25, -0.2) is 0 Å². The van der Waals surface area contributed by atoms with Crippen molar-refractivity contribution >= 4 is 44.7 Å². The van der Waals surface area contributed by atoms with E-state index < -0.39 is 0 Å². The fourth-order valence-electron chi connectivity index (χ4n) is 1.63. The molecule has 0 bridgehead atoms. The average molecular weight is 279 g/mol. The van der Waals surface area contributed by atoms with E-state index in [1.54, 1.807) is 11.3 Å². The Hall–Kier alpha value is -1.66.